The van der Waals surface area contributed by atoms with Gasteiger partial charge < -0.3 is 23.8 Å². The van der Waals surface area contributed by atoms with E-state index in [1.165, 1.54) is 0 Å². The number of hydrogen-bond donors (Lipinski definition) is 0. The zero-order valence-corrected chi connectivity index (χ0v) is 26.7. The van der Waals surface area contributed by atoms with Gasteiger partial charge in [0.25, 0.3) is 5.56 Å². The van der Waals surface area contributed by atoms with Crippen LogP contribution in [0.5, 0.6) is 5.75 Å². The topological polar surface area (TPSA) is 76.9 Å². The first-order valence-electron chi connectivity index (χ1n) is 15.8. The van der Waals surface area contributed by atoms with Crippen LogP contribution in [0.25, 0.3) is 21.9 Å². The van der Waals surface area contributed by atoms with Crippen molar-refractivity contribution in [2.24, 2.45) is 5.92 Å². The normalized spacial score (nSPS) is 17.4. The van der Waals surface area contributed by atoms with Gasteiger partial charge in [0.2, 0.25) is 0 Å². The van der Waals surface area contributed by atoms with Crippen molar-refractivity contribution in [2.45, 2.75) is 84.5 Å². The standard InChI is InChI=1S/C34H45ClN4O4/c1-5-6-15-39-23-29(27-9-14-36-21-28(27)32(39)40)25-7-8-31(30(35)20-25)42-26-12-16-37(17-13-26)22-24-10-18-38(19-11-24)33(41)43-34(2,3)4/h7-9,14,20-21,23-24,26H,5-6,10-13,15-19,22H2,1-4H3. The number of carbonyl (C=O) groups is 1. The minimum Gasteiger partial charge on any atom is -0.489 e. The van der Waals surface area contributed by atoms with Gasteiger partial charge in [0.05, 0.1) is 10.4 Å². The van der Waals surface area contributed by atoms with Crippen molar-refractivity contribution >= 4 is 28.5 Å². The molecule has 0 radical (unpaired) electrons. The Morgan fingerprint density at radius 1 is 1.05 bits per heavy atom. The lowest BCUT2D eigenvalue weighted by Gasteiger charge is -2.38. The van der Waals surface area contributed by atoms with Gasteiger partial charge in [-0.15, -0.1) is 0 Å². The number of benzene rings is 1. The summed E-state index contributed by atoms with van der Waals surface area (Å²) in [5.74, 6) is 1.30. The Bertz CT molecular complexity index is 1470. The SMILES string of the molecule is CCCCn1cc(-c2ccc(OC3CCN(CC4CCN(C(=O)OC(C)(C)C)CC4)CC3)c(Cl)c2)c2ccncc2c1=O. The van der Waals surface area contributed by atoms with Gasteiger partial charge in [0, 0.05) is 63.4 Å². The Hall–Kier alpha value is -3.10. The molecule has 232 valence electrons. The molecule has 0 spiro atoms. The summed E-state index contributed by atoms with van der Waals surface area (Å²) < 4.78 is 13.7. The molecule has 9 heteroatoms. The highest BCUT2D eigenvalue weighted by Crippen LogP contribution is 2.34. The zero-order chi connectivity index (χ0) is 30.6. The van der Waals surface area contributed by atoms with Gasteiger partial charge in [-0.3, -0.25) is 9.78 Å². The summed E-state index contributed by atoms with van der Waals surface area (Å²) in [6.45, 7) is 13.1. The second kappa shape index (κ2) is 13.7. The van der Waals surface area contributed by atoms with Crippen molar-refractivity contribution in [3.05, 3.63) is 58.2 Å². The van der Waals surface area contributed by atoms with Crippen molar-refractivity contribution in [3.63, 3.8) is 0 Å². The minimum atomic E-state index is -0.457. The number of rotatable bonds is 8. The van der Waals surface area contributed by atoms with Gasteiger partial charge in [-0.25, -0.2) is 4.79 Å². The van der Waals surface area contributed by atoms with Crippen LogP contribution in [0.15, 0.2) is 47.7 Å². The predicted octanol–water partition coefficient (Wildman–Crippen LogP) is 7.01. The zero-order valence-electron chi connectivity index (χ0n) is 26.0. The second-order valence-electron chi connectivity index (χ2n) is 13.0. The lowest BCUT2D eigenvalue weighted by molar-refractivity contribution is 0.0156. The highest BCUT2D eigenvalue weighted by Gasteiger charge is 2.29. The number of nitrogens with zero attached hydrogens (tertiary/aromatic N) is 4. The highest BCUT2D eigenvalue weighted by atomic mass is 35.5. The molecule has 8 nitrogen and oxygen atoms in total. The molecule has 2 fully saturated rings. The molecule has 3 aromatic rings. The maximum absolute atomic E-state index is 13.0. The van der Waals surface area contributed by atoms with Crippen LogP contribution in [0, 0.1) is 5.92 Å². The average molecular weight is 609 g/mol. The van der Waals surface area contributed by atoms with Crippen LogP contribution < -0.4 is 10.3 Å². The molecule has 4 heterocycles. The maximum Gasteiger partial charge on any atom is 0.410 e. The summed E-state index contributed by atoms with van der Waals surface area (Å²) in [5.41, 5.74) is 1.45. The Balaban J connectivity index is 1.16. The average Bonchev–Trinajstić information content (AvgIpc) is 2.98. The Kier molecular flexibility index (Phi) is 9.97. The molecule has 43 heavy (non-hydrogen) atoms. The number of pyridine rings is 2. The first kappa shape index (κ1) is 31.3. The first-order chi connectivity index (χ1) is 20.6. The summed E-state index contributed by atoms with van der Waals surface area (Å²) in [7, 11) is 0. The highest BCUT2D eigenvalue weighted by molar-refractivity contribution is 6.32. The number of halogens is 1. The Morgan fingerprint density at radius 3 is 2.47 bits per heavy atom. The lowest BCUT2D eigenvalue weighted by Crippen LogP contribution is -2.45. The van der Waals surface area contributed by atoms with Gasteiger partial charge in [0.15, 0.2) is 0 Å². The second-order valence-corrected chi connectivity index (χ2v) is 13.4. The van der Waals surface area contributed by atoms with Crippen LogP contribution in [0.1, 0.15) is 66.2 Å². The number of carbonyl (C=O) groups excluding carboxylic acids is 1. The van der Waals surface area contributed by atoms with Crippen LogP contribution in [-0.2, 0) is 11.3 Å². The van der Waals surface area contributed by atoms with Crippen LogP contribution >= 0.6 is 11.6 Å². The fourth-order valence-corrected chi connectivity index (χ4v) is 6.33. The van der Waals surface area contributed by atoms with Crippen molar-refractivity contribution in [1.82, 2.24) is 19.4 Å². The van der Waals surface area contributed by atoms with Crippen LogP contribution in [0.3, 0.4) is 0 Å². The molecule has 0 atom stereocenters. The Labute approximate surface area is 259 Å². The number of amides is 1. The monoisotopic (exact) mass is 608 g/mol. The molecule has 0 aliphatic carbocycles. The number of ether oxygens (including phenoxy) is 2. The molecule has 1 aromatic carbocycles. The molecule has 2 aliphatic heterocycles. The summed E-state index contributed by atoms with van der Waals surface area (Å²) in [4.78, 5) is 34.0. The molecule has 0 saturated carbocycles. The smallest absolute Gasteiger partial charge is 0.410 e. The van der Waals surface area contributed by atoms with E-state index in [1.807, 2.05) is 56.1 Å². The van der Waals surface area contributed by atoms with E-state index < -0.39 is 5.60 Å². The summed E-state index contributed by atoms with van der Waals surface area (Å²) in [6.07, 6.45) is 11.1. The van der Waals surface area contributed by atoms with Crippen molar-refractivity contribution < 1.29 is 14.3 Å². The molecule has 2 saturated heterocycles. The third-order valence-electron chi connectivity index (χ3n) is 8.49. The molecule has 1 amide bonds. The van der Waals surface area contributed by atoms with Crippen LogP contribution in [-0.4, -0.2) is 69.9 Å². The van der Waals surface area contributed by atoms with Gasteiger partial charge in [-0.1, -0.05) is 31.0 Å². The van der Waals surface area contributed by atoms with Crippen molar-refractivity contribution in [2.75, 3.05) is 32.7 Å². The summed E-state index contributed by atoms with van der Waals surface area (Å²) in [6, 6.07) is 7.83. The van der Waals surface area contributed by atoms with E-state index in [0.29, 0.717) is 28.6 Å². The molecule has 2 aliphatic rings. The predicted molar refractivity (Wildman–Crippen MR) is 172 cm³/mol. The molecular weight excluding hydrogens is 564 g/mol. The molecule has 0 bridgehead atoms. The van der Waals surface area contributed by atoms with Gasteiger partial charge in [-0.05, 0) is 87.9 Å². The number of likely N-dealkylation sites (tertiary alicyclic amines) is 2. The fraction of sp³-hybridized carbons (Fsp3) is 0.559. The van der Waals surface area contributed by atoms with Crippen molar-refractivity contribution in [1.29, 1.82) is 0 Å². The lowest BCUT2D eigenvalue weighted by atomic mass is 9.95. The number of piperidine rings is 2. The minimum absolute atomic E-state index is 0.0102. The number of aryl methyl sites for hydroxylation is 1. The van der Waals surface area contributed by atoms with E-state index in [4.69, 9.17) is 21.1 Å². The van der Waals surface area contributed by atoms with E-state index in [0.717, 1.165) is 87.8 Å². The number of fused-ring (bicyclic) bond motifs is 1. The largest absolute Gasteiger partial charge is 0.489 e. The third-order valence-corrected chi connectivity index (χ3v) is 8.79. The van der Waals surface area contributed by atoms with Crippen molar-refractivity contribution in [3.8, 4) is 16.9 Å². The molecular formula is C34H45ClN4O4. The fourth-order valence-electron chi connectivity index (χ4n) is 6.11. The van der Waals surface area contributed by atoms with Crippen LogP contribution in [0.4, 0.5) is 4.79 Å². The van der Waals surface area contributed by atoms with E-state index in [-0.39, 0.29) is 17.8 Å². The molecule has 0 N–H and O–H groups in total. The summed E-state index contributed by atoms with van der Waals surface area (Å²) in [5, 5.41) is 2.07. The number of aromatic nitrogens is 2. The Morgan fingerprint density at radius 2 is 1.79 bits per heavy atom. The number of unbranched alkanes of at least 4 members (excludes halogenated alkanes) is 1. The van der Waals surface area contributed by atoms with E-state index in [2.05, 4.69) is 16.8 Å². The first-order valence-corrected chi connectivity index (χ1v) is 16.1. The van der Waals surface area contributed by atoms with Gasteiger partial charge >= 0.3 is 6.09 Å². The molecule has 2 aromatic heterocycles. The maximum atomic E-state index is 13.0. The number of hydrogen-bond acceptors (Lipinski definition) is 6. The van der Waals surface area contributed by atoms with Crippen LogP contribution in [0.2, 0.25) is 5.02 Å². The molecule has 5 rings (SSSR count). The third kappa shape index (κ3) is 7.90. The van der Waals surface area contributed by atoms with E-state index in [9.17, 15) is 9.59 Å². The quantitative estimate of drug-likeness (QED) is 0.274. The van der Waals surface area contributed by atoms with E-state index >= 15 is 0 Å². The summed E-state index contributed by atoms with van der Waals surface area (Å²) >= 11 is 6.78. The van der Waals surface area contributed by atoms with E-state index in [1.54, 1.807) is 17.0 Å². The molecule has 0 unspecified atom stereocenters. The van der Waals surface area contributed by atoms with Gasteiger partial charge in [0.1, 0.15) is 17.5 Å². The van der Waals surface area contributed by atoms with Gasteiger partial charge in [-0.2, -0.15) is 0 Å².